The number of urea groups is 1. The number of carbonyl (C=O) groups excluding carboxylic acids is 1. The predicted octanol–water partition coefficient (Wildman–Crippen LogP) is 0.310. The van der Waals surface area contributed by atoms with Crippen LogP contribution in [0.2, 0.25) is 0 Å². The molecule has 0 saturated heterocycles. The van der Waals surface area contributed by atoms with E-state index in [0.29, 0.717) is 6.54 Å². The van der Waals surface area contributed by atoms with Crippen LogP contribution in [0.3, 0.4) is 0 Å². The fourth-order valence-electron chi connectivity index (χ4n) is 2.42. The van der Waals surface area contributed by atoms with Gasteiger partial charge in [-0.1, -0.05) is 0 Å². The molecule has 0 spiro atoms. The Morgan fingerprint density at radius 2 is 2.00 bits per heavy atom. The molecule has 6 nitrogen and oxygen atoms in total. The van der Waals surface area contributed by atoms with Crippen molar-refractivity contribution in [1.29, 1.82) is 0 Å². The number of aliphatic hydroxyl groups is 1. The van der Waals surface area contributed by atoms with E-state index in [1.807, 2.05) is 0 Å². The molecule has 4 N–H and O–H groups in total. The summed E-state index contributed by atoms with van der Waals surface area (Å²) in [5, 5.41) is 23.1. The third-order valence-corrected chi connectivity index (χ3v) is 3.97. The molecule has 0 radical (unpaired) electrons. The van der Waals surface area contributed by atoms with Crippen LogP contribution in [0.25, 0.3) is 0 Å². The van der Waals surface area contributed by atoms with Gasteiger partial charge in [0, 0.05) is 6.54 Å². The summed E-state index contributed by atoms with van der Waals surface area (Å²) in [6.45, 7) is 1.95. The van der Waals surface area contributed by atoms with Gasteiger partial charge in [0.25, 0.3) is 0 Å². The quantitative estimate of drug-likeness (QED) is 0.549. The molecule has 2 saturated carbocycles. The minimum Gasteiger partial charge on any atom is -0.480 e. The van der Waals surface area contributed by atoms with Gasteiger partial charge in [0.2, 0.25) is 0 Å². The van der Waals surface area contributed by atoms with Gasteiger partial charge in [-0.15, -0.1) is 0 Å². The highest BCUT2D eigenvalue weighted by Crippen LogP contribution is 2.60. The lowest BCUT2D eigenvalue weighted by Crippen LogP contribution is -2.52. The average Bonchev–Trinajstić information content (AvgIpc) is 3.14. The van der Waals surface area contributed by atoms with Gasteiger partial charge in [-0.3, -0.25) is 0 Å². The van der Waals surface area contributed by atoms with E-state index in [-0.39, 0.29) is 5.41 Å². The molecular weight excluding hydrogens is 236 g/mol. The van der Waals surface area contributed by atoms with E-state index in [2.05, 4.69) is 10.6 Å². The Labute approximate surface area is 106 Å². The van der Waals surface area contributed by atoms with Crippen LogP contribution in [-0.4, -0.2) is 40.9 Å². The van der Waals surface area contributed by atoms with Crippen molar-refractivity contribution in [1.82, 2.24) is 10.6 Å². The number of carboxylic acid groups (broad SMARTS) is 1. The maximum atomic E-state index is 11.6. The summed E-state index contributed by atoms with van der Waals surface area (Å²) in [7, 11) is 0. The number of rotatable bonds is 6. The van der Waals surface area contributed by atoms with Crippen LogP contribution in [0.4, 0.5) is 4.79 Å². The van der Waals surface area contributed by atoms with E-state index in [1.54, 1.807) is 0 Å². The molecule has 2 atom stereocenters. The summed E-state index contributed by atoms with van der Waals surface area (Å²) >= 11 is 0. The lowest BCUT2D eigenvalue weighted by molar-refractivity contribution is -0.141. The molecule has 0 unspecified atom stereocenters. The normalized spacial score (nSPS) is 23.9. The van der Waals surface area contributed by atoms with Crippen LogP contribution in [0, 0.1) is 11.3 Å². The lowest BCUT2D eigenvalue weighted by Gasteiger charge is -2.19. The highest BCUT2D eigenvalue weighted by Gasteiger charge is 2.53. The molecule has 2 amide bonds. The first-order valence-electron chi connectivity index (χ1n) is 6.40. The van der Waals surface area contributed by atoms with E-state index in [4.69, 9.17) is 5.11 Å². The topological polar surface area (TPSA) is 98.7 Å². The van der Waals surface area contributed by atoms with Crippen molar-refractivity contribution >= 4 is 12.0 Å². The van der Waals surface area contributed by atoms with Crippen molar-refractivity contribution in [3.05, 3.63) is 0 Å². The minimum absolute atomic E-state index is 0.279. The van der Waals surface area contributed by atoms with Crippen LogP contribution < -0.4 is 10.6 Å². The maximum Gasteiger partial charge on any atom is 0.328 e. The van der Waals surface area contributed by atoms with E-state index < -0.39 is 24.1 Å². The second kappa shape index (κ2) is 4.76. The van der Waals surface area contributed by atoms with Gasteiger partial charge in [-0.05, 0) is 43.9 Å². The molecular formula is C12H20N2O4. The Kier molecular flexibility index (Phi) is 3.47. The Hall–Kier alpha value is -1.30. The Morgan fingerprint density at radius 1 is 1.39 bits per heavy atom. The van der Waals surface area contributed by atoms with Gasteiger partial charge in [0.1, 0.15) is 0 Å². The zero-order valence-corrected chi connectivity index (χ0v) is 10.5. The second-order valence-electron chi connectivity index (χ2n) is 5.52. The van der Waals surface area contributed by atoms with E-state index in [1.165, 1.54) is 19.8 Å². The second-order valence-corrected chi connectivity index (χ2v) is 5.52. The number of nitrogens with one attached hydrogen (secondary N) is 2. The number of amides is 2. The molecule has 0 heterocycles. The van der Waals surface area contributed by atoms with Crippen molar-refractivity contribution in [3.63, 3.8) is 0 Å². The van der Waals surface area contributed by atoms with Gasteiger partial charge < -0.3 is 20.8 Å². The molecule has 0 aromatic rings. The molecule has 2 rings (SSSR count). The first-order chi connectivity index (χ1) is 8.44. The number of aliphatic hydroxyl groups excluding tert-OH is 1. The summed E-state index contributed by atoms with van der Waals surface area (Å²) < 4.78 is 0. The summed E-state index contributed by atoms with van der Waals surface area (Å²) in [6, 6.07) is -1.78. The number of hydrogen-bond donors (Lipinski definition) is 4. The smallest absolute Gasteiger partial charge is 0.328 e. The fourth-order valence-corrected chi connectivity index (χ4v) is 2.42. The van der Waals surface area contributed by atoms with E-state index in [9.17, 15) is 14.7 Å². The number of carboxylic acids is 1. The van der Waals surface area contributed by atoms with Gasteiger partial charge in [0.05, 0.1) is 6.10 Å². The summed E-state index contributed by atoms with van der Waals surface area (Å²) in [6.07, 6.45) is 3.67. The Bertz CT molecular complexity index is 348. The lowest BCUT2D eigenvalue weighted by atomic mass is 10.0. The number of carbonyl (C=O) groups is 2. The predicted molar refractivity (Wildman–Crippen MR) is 64.0 cm³/mol. The molecule has 2 aliphatic rings. The summed E-state index contributed by atoms with van der Waals surface area (Å²) in [5.74, 6) is -0.492. The van der Waals surface area contributed by atoms with Crippen molar-refractivity contribution in [2.24, 2.45) is 11.3 Å². The van der Waals surface area contributed by atoms with Gasteiger partial charge >= 0.3 is 12.0 Å². The highest BCUT2D eigenvalue weighted by atomic mass is 16.4. The average molecular weight is 256 g/mol. The first-order valence-corrected chi connectivity index (χ1v) is 6.40. The largest absolute Gasteiger partial charge is 0.480 e. The third kappa shape index (κ3) is 2.93. The molecule has 2 aliphatic carbocycles. The molecule has 0 aliphatic heterocycles. The van der Waals surface area contributed by atoms with Crippen LogP contribution in [-0.2, 0) is 4.79 Å². The minimum atomic E-state index is -1.26. The van der Waals surface area contributed by atoms with Gasteiger partial charge in [0.15, 0.2) is 6.04 Å². The van der Waals surface area contributed by atoms with Crippen LogP contribution in [0.15, 0.2) is 0 Å². The summed E-state index contributed by atoms with van der Waals surface area (Å²) in [4.78, 5) is 22.4. The molecule has 6 heteroatoms. The first kappa shape index (κ1) is 13.1. The molecule has 0 aromatic carbocycles. The number of aliphatic carboxylic acids is 1. The summed E-state index contributed by atoms with van der Waals surface area (Å²) in [5.41, 5.74) is 0.279. The number of hydrogen-bond acceptors (Lipinski definition) is 3. The Morgan fingerprint density at radius 3 is 2.39 bits per heavy atom. The van der Waals surface area contributed by atoms with Crippen LogP contribution >= 0.6 is 0 Å². The highest BCUT2D eigenvalue weighted by molar-refractivity contribution is 5.82. The van der Waals surface area contributed by atoms with Crippen molar-refractivity contribution < 1.29 is 19.8 Å². The van der Waals surface area contributed by atoms with E-state index in [0.717, 1.165) is 18.8 Å². The zero-order valence-electron chi connectivity index (χ0n) is 10.5. The molecule has 0 bridgehead atoms. The monoisotopic (exact) mass is 256 g/mol. The molecule has 2 fully saturated rings. The van der Waals surface area contributed by atoms with E-state index >= 15 is 0 Å². The third-order valence-electron chi connectivity index (χ3n) is 3.97. The van der Waals surface area contributed by atoms with Gasteiger partial charge in [-0.25, -0.2) is 9.59 Å². The van der Waals surface area contributed by atoms with Crippen molar-refractivity contribution in [3.8, 4) is 0 Å². The van der Waals surface area contributed by atoms with Crippen LogP contribution in [0.5, 0.6) is 0 Å². The maximum absolute atomic E-state index is 11.6. The standard InChI is InChI=1S/C12H20N2O4/c1-7(15)9(10(16)17)14-11(18)13-6-12(4-5-12)8-2-3-8/h7-9,15H,2-6H2,1H3,(H,16,17)(H2,13,14,18)/t7-,9+/m1/s1. The molecule has 18 heavy (non-hydrogen) atoms. The Balaban J connectivity index is 1.76. The molecule has 0 aromatic heterocycles. The van der Waals surface area contributed by atoms with Gasteiger partial charge in [-0.2, -0.15) is 0 Å². The zero-order chi connectivity index (χ0) is 13.3. The van der Waals surface area contributed by atoms with Crippen molar-refractivity contribution in [2.45, 2.75) is 44.8 Å². The van der Waals surface area contributed by atoms with Crippen LogP contribution in [0.1, 0.15) is 32.6 Å². The SMILES string of the molecule is C[C@@H](O)[C@H](NC(=O)NCC1(C2CC2)CC1)C(=O)O. The fraction of sp³-hybridized carbons (Fsp3) is 0.833. The molecule has 102 valence electrons. The van der Waals surface area contributed by atoms with Crippen molar-refractivity contribution in [2.75, 3.05) is 6.54 Å².